The van der Waals surface area contributed by atoms with E-state index in [0.717, 1.165) is 18.8 Å². The molecule has 134 valence electrons. The number of sulfone groups is 1. The molecule has 0 radical (unpaired) electrons. The molecule has 1 heterocycles. The Hall–Kier alpha value is -2.49. The van der Waals surface area contributed by atoms with E-state index in [9.17, 15) is 13.7 Å². The Morgan fingerprint density at radius 3 is 2.19 bits per heavy atom. The van der Waals surface area contributed by atoms with Gasteiger partial charge in [-0.1, -0.05) is 29.8 Å². The number of anilines is 1. The number of nitriles is 1. The highest BCUT2D eigenvalue weighted by Crippen LogP contribution is 2.22. The Morgan fingerprint density at radius 1 is 1.00 bits per heavy atom. The van der Waals surface area contributed by atoms with Crippen LogP contribution in [-0.2, 0) is 9.84 Å². The van der Waals surface area contributed by atoms with Crippen molar-refractivity contribution in [3.63, 3.8) is 0 Å². The summed E-state index contributed by atoms with van der Waals surface area (Å²) in [6, 6.07) is 17.7. The smallest absolute Gasteiger partial charge is 0.218 e. The Labute approximate surface area is 158 Å². The van der Waals surface area contributed by atoms with Crippen LogP contribution < -0.4 is 4.90 Å². The third-order valence-corrected chi connectivity index (χ3v) is 6.18. The molecular weight excluding hydrogens is 370 g/mol. The molecule has 2 aromatic carbocycles. The maximum atomic E-state index is 12.7. The van der Waals surface area contributed by atoms with Gasteiger partial charge in [0.1, 0.15) is 6.07 Å². The van der Waals surface area contributed by atoms with Crippen LogP contribution in [0.5, 0.6) is 0 Å². The lowest BCUT2D eigenvalue weighted by atomic mass is 10.2. The second kappa shape index (κ2) is 7.81. The normalized spacial score (nSPS) is 15.6. The zero-order valence-corrected chi connectivity index (χ0v) is 15.6. The van der Waals surface area contributed by atoms with Gasteiger partial charge in [-0.25, -0.2) is 8.42 Å². The first-order valence-electron chi connectivity index (χ1n) is 8.17. The lowest BCUT2D eigenvalue weighted by Gasteiger charge is -2.35. The van der Waals surface area contributed by atoms with Crippen molar-refractivity contribution in [1.29, 1.82) is 5.26 Å². The van der Waals surface area contributed by atoms with Crippen molar-refractivity contribution in [3.8, 4) is 6.07 Å². The molecule has 0 spiro atoms. The van der Waals surface area contributed by atoms with E-state index in [0.29, 0.717) is 18.1 Å². The van der Waals surface area contributed by atoms with Crippen LogP contribution in [0.25, 0.3) is 0 Å². The Bertz CT molecular complexity index is 927. The topological polar surface area (TPSA) is 64.4 Å². The molecule has 2 aromatic rings. The Kier molecular flexibility index (Phi) is 5.50. The molecule has 1 aliphatic rings. The van der Waals surface area contributed by atoms with Gasteiger partial charge in [0, 0.05) is 43.1 Å². The van der Waals surface area contributed by atoms with Crippen LogP contribution in [0.4, 0.5) is 5.69 Å². The van der Waals surface area contributed by atoms with Crippen molar-refractivity contribution >= 4 is 27.1 Å². The molecule has 0 bridgehead atoms. The number of halogens is 1. The maximum absolute atomic E-state index is 12.7. The van der Waals surface area contributed by atoms with E-state index in [2.05, 4.69) is 17.0 Å². The molecule has 1 fully saturated rings. The highest BCUT2D eigenvalue weighted by molar-refractivity contribution is 7.95. The van der Waals surface area contributed by atoms with E-state index in [-0.39, 0.29) is 9.80 Å². The molecule has 0 amide bonds. The third kappa shape index (κ3) is 4.01. The summed E-state index contributed by atoms with van der Waals surface area (Å²) in [5.41, 5.74) is 1.14. The fraction of sp³-hybridized carbons (Fsp3) is 0.211. The van der Waals surface area contributed by atoms with Crippen LogP contribution in [-0.4, -0.2) is 39.5 Å². The SMILES string of the molecule is N#CC(=CN1CCN(c2ccccc2)CC1)S(=O)(=O)c1ccc(Cl)cc1. The van der Waals surface area contributed by atoms with Gasteiger partial charge in [0.05, 0.1) is 4.90 Å². The van der Waals surface area contributed by atoms with Gasteiger partial charge >= 0.3 is 0 Å². The van der Waals surface area contributed by atoms with Gasteiger partial charge in [0.25, 0.3) is 0 Å². The maximum Gasteiger partial charge on any atom is 0.218 e. The van der Waals surface area contributed by atoms with Crippen molar-refractivity contribution < 1.29 is 8.42 Å². The molecule has 7 heteroatoms. The third-order valence-electron chi connectivity index (χ3n) is 4.26. The van der Waals surface area contributed by atoms with E-state index in [4.69, 9.17) is 11.6 Å². The van der Waals surface area contributed by atoms with Crippen LogP contribution >= 0.6 is 11.6 Å². The fourth-order valence-electron chi connectivity index (χ4n) is 2.81. The Morgan fingerprint density at radius 2 is 1.62 bits per heavy atom. The summed E-state index contributed by atoms with van der Waals surface area (Å²) in [5, 5.41) is 9.83. The fourth-order valence-corrected chi connectivity index (χ4v) is 4.10. The second-order valence-electron chi connectivity index (χ2n) is 5.92. The van der Waals surface area contributed by atoms with Crippen LogP contribution in [0.3, 0.4) is 0 Å². The highest BCUT2D eigenvalue weighted by Gasteiger charge is 2.23. The zero-order chi connectivity index (χ0) is 18.6. The minimum atomic E-state index is -3.85. The largest absolute Gasteiger partial charge is 0.372 e. The summed E-state index contributed by atoms with van der Waals surface area (Å²) in [6.07, 6.45) is 1.45. The monoisotopic (exact) mass is 387 g/mol. The molecule has 0 unspecified atom stereocenters. The summed E-state index contributed by atoms with van der Waals surface area (Å²) in [4.78, 5) is 3.93. The number of rotatable bonds is 4. The van der Waals surface area contributed by atoms with Crippen molar-refractivity contribution in [2.24, 2.45) is 0 Å². The lowest BCUT2D eigenvalue weighted by Crippen LogP contribution is -2.44. The first-order valence-corrected chi connectivity index (χ1v) is 10.0. The highest BCUT2D eigenvalue weighted by atomic mass is 35.5. The van der Waals surface area contributed by atoms with E-state index in [1.165, 1.54) is 30.5 Å². The van der Waals surface area contributed by atoms with E-state index < -0.39 is 9.84 Å². The lowest BCUT2D eigenvalue weighted by molar-refractivity contribution is 0.348. The number of benzene rings is 2. The molecule has 5 nitrogen and oxygen atoms in total. The van der Waals surface area contributed by atoms with Crippen LogP contribution in [0, 0.1) is 11.3 Å². The van der Waals surface area contributed by atoms with E-state index >= 15 is 0 Å². The molecule has 26 heavy (non-hydrogen) atoms. The average Bonchev–Trinajstić information content (AvgIpc) is 2.67. The van der Waals surface area contributed by atoms with Gasteiger partial charge in [0.2, 0.25) is 9.84 Å². The molecule has 0 aromatic heterocycles. The molecule has 0 saturated carbocycles. The summed E-state index contributed by atoms with van der Waals surface area (Å²) >= 11 is 5.81. The number of allylic oxidation sites excluding steroid dienone is 1. The standard InChI is InChI=1S/C19H18ClN3O2S/c20-16-6-8-18(9-7-16)26(24,25)19(14-21)15-22-10-12-23(13-11-22)17-4-2-1-3-5-17/h1-9,15H,10-13H2. The predicted molar refractivity (Wildman–Crippen MR) is 103 cm³/mol. The van der Waals surface area contributed by atoms with E-state index in [1.807, 2.05) is 29.2 Å². The zero-order valence-electron chi connectivity index (χ0n) is 14.0. The van der Waals surface area contributed by atoms with Crippen LogP contribution in [0.1, 0.15) is 0 Å². The molecular formula is C19H18ClN3O2S. The molecule has 1 saturated heterocycles. The van der Waals surface area contributed by atoms with Crippen LogP contribution in [0.15, 0.2) is 70.6 Å². The summed E-state index contributed by atoms with van der Waals surface area (Å²) < 4.78 is 25.3. The Balaban J connectivity index is 1.74. The molecule has 0 aliphatic carbocycles. The quantitative estimate of drug-likeness (QED) is 0.753. The molecule has 3 rings (SSSR count). The average molecular weight is 388 g/mol. The number of nitrogens with zero attached hydrogens (tertiary/aromatic N) is 3. The van der Waals surface area contributed by atoms with Crippen molar-refractivity contribution in [2.45, 2.75) is 4.90 Å². The van der Waals surface area contributed by atoms with Crippen molar-refractivity contribution in [3.05, 3.63) is 70.7 Å². The van der Waals surface area contributed by atoms with Gasteiger partial charge in [-0.2, -0.15) is 5.26 Å². The van der Waals surface area contributed by atoms with E-state index in [1.54, 1.807) is 0 Å². The number of para-hydroxylation sites is 1. The summed E-state index contributed by atoms with van der Waals surface area (Å²) in [5.74, 6) is 0. The first kappa shape index (κ1) is 18.3. The minimum Gasteiger partial charge on any atom is -0.372 e. The van der Waals surface area contributed by atoms with Crippen molar-refractivity contribution in [1.82, 2.24) is 4.90 Å². The number of hydrogen-bond acceptors (Lipinski definition) is 5. The number of piperazine rings is 1. The molecule has 0 N–H and O–H groups in total. The minimum absolute atomic E-state index is 0.0672. The summed E-state index contributed by atoms with van der Waals surface area (Å²) in [7, 11) is -3.85. The van der Waals surface area contributed by atoms with Crippen molar-refractivity contribution in [2.75, 3.05) is 31.1 Å². The number of hydrogen-bond donors (Lipinski definition) is 0. The molecule has 0 atom stereocenters. The van der Waals surface area contributed by atoms with Gasteiger partial charge < -0.3 is 9.80 Å². The van der Waals surface area contributed by atoms with Gasteiger partial charge in [0.15, 0.2) is 4.91 Å². The van der Waals surface area contributed by atoms with Gasteiger partial charge in [-0.3, -0.25) is 0 Å². The summed E-state index contributed by atoms with van der Waals surface area (Å²) in [6.45, 7) is 2.83. The molecule has 1 aliphatic heterocycles. The van der Waals surface area contributed by atoms with Gasteiger partial charge in [-0.05, 0) is 36.4 Å². The second-order valence-corrected chi connectivity index (χ2v) is 8.28. The van der Waals surface area contributed by atoms with Gasteiger partial charge in [-0.15, -0.1) is 0 Å². The predicted octanol–water partition coefficient (Wildman–Crippen LogP) is 3.30. The van der Waals surface area contributed by atoms with Crippen LogP contribution in [0.2, 0.25) is 5.02 Å². The first-order chi connectivity index (χ1) is 12.5.